The maximum Gasteiger partial charge on any atom is 0.182 e. The Kier molecular flexibility index (Phi) is 3.01. The van der Waals surface area contributed by atoms with Crippen molar-refractivity contribution >= 4 is 8.32 Å². The second-order valence-corrected chi connectivity index (χ2v) is 6.76. The van der Waals surface area contributed by atoms with E-state index in [4.69, 9.17) is 0 Å². The highest BCUT2D eigenvalue weighted by molar-refractivity contribution is 6.69. The highest BCUT2D eigenvalue weighted by atomic mass is 28.4. The second-order valence-electron chi connectivity index (χ2n) is 2.64. The van der Waals surface area contributed by atoms with E-state index in [9.17, 15) is 4.80 Å². The first-order valence-electron chi connectivity index (χ1n) is 2.89. The van der Waals surface area contributed by atoms with Crippen molar-refractivity contribution in [1.29, 1.82) is 0 Å². The van der Waals surface area contributed by atoms with Gasteiger partial charge in [0, 0.05) is 0 Å². The fraction of sp³-hybridized carbons (Fsp3) is 0.667. The third-order valence-corrected chi connectivity index (χ3v) is 2.47. The van der Waals surface area contributed by atoms with E-state index < -0.39 is 8.32 Å². The van der Waals surface area contributed by atoms with Crippen molar-refractivity contribution in [3.63, 3.8) is 0 Å². The fourth-order valence-electron chi connectivity index (χ4n) is 0.455. The van der Waals surface area contributed by atoms with Gasteiger partial charge in [-0.1, -0.05) is 6.08 Å². The van der Waals surface area contributed by atoms with E-state index in [2.05, 4.69) is 6.58 Å². The molecule has 0 aromatic heterocycles. The first-order valence-corrected chi connectivity index (χ1v) is 6.05. The lowest BCUT2D eigenvalue weighted by molar-refractivity contribution is 0.548. The number of rotatable bonds is 3. The minimum absolute atomic E-state index is 0.941. The molecule has 0 atom stereocenters. The molecule has 0 rings (SSSR count). The zero-order chi connectivity index (χ0) is 6.62. The summed E-state index contributed by atoms with van der Waals surface area (Å²) in [5.74, 6) is 0. The predicted molar refractivity (Wildman–Crippen MR) is 39.3 cm³/mol. The summed E-state index contributed by atoms with van der Waals surface area (Å²) < 4.78 is 0. The van der Waals surface area contributed by atoms with Gasteiger partial charge >= 0.3 is 0 Å². The topological polar surface area (TPSA) is 20.2 Å². The number of hydrogen-bond donors (Lipinski definition) is 1. The van der Waals surface area contributed by atoms with Crippen molar-refractivity contribution < 1.29 is 4.80 Å². The molecule has 0 heterocycles. The molecular formula is C6H14OSi. The zero-order valence-electron chi connectivity index (χ0n) is 5.65. The van der Waals surface area contributed by atoms with Crippen LogP contribution in [-0.4, -0.2) is 13.1 Å². The molecule has 0 saturated carbocycles. The standard InChI is InChI=1S/C6H14OSi/c1-4-5-6-8(2,3)7/h4,7H,1,5-6H2,2-3H3. The van der Waals surface area contributed by atoms with Gasteiger partial charge in [0.25, 0.3) is 0 Å². The van der Waals surface area contributed by atoms with Gasteiger partial charge < -0.3 is 4.80 Å². The molecule has 0 aliphatic rings. The SMILES string of the molecule is C=CCC[Si](C)(C)O. The van der Waals surface area contributed by atoms with Crippen molar-refractivity contribution in [2.45, 2.75) is 25.6 Å². The van der Waals surface area contributed by atoms with Crippen LogP contribution in [0.1, 0.15) is 6.42 Å². The zero-order valence-corrected chi connectivity index (χ0v) is 6.65. The Morgan fingerprint density at radius 1 is 1.62 bits per heavy atom. The summed E-state index contributed by atoms with van der Waals surface area (Å²) >= 11 is 0. The molecular weight excluding hydrogens is 116 g/mol. The first-order chi connectivity index (χ1) is 3.56. The molecule has 0 aromatic rings. The van der Waals surface area contributed by atoms with Gasteiger partial charge in [-0.15, -0.1) is 6.58 Å². The summed E-state index contributed by atoms with van der Waals surface area (Å²) in [7, 11) is -1.75. The number of hydrogen-bond acceptors (Lipinski definition) is 1. The van der Waals surface area contributed by atoms with E-state index in [1.807, 2.05) is 19.2 Å². The maximum atomic E-state index is 9.24. The number of allylic oxidation sites excluding steroid dienone is 1. The normalized spacial score (nSPS) is 11.4. The molecule has 0 aliphatic carbocycles. The molecule has 2 heteroatoms. The molecule has 0 amide bonds. The summed E-state index contributed by atoms with van der Waals surface area (Å²) in [4.78, 5) is 9.24. The molecule has 0 spiro atoms. The molecule has 48 valence electrons. The van der Waals surface area contributed by atoms with Crippen LogP contribution in [-0.2, 0) is 0 Å². The van der Waals surface area contributed by atoms with Crippen molar-refractivity contribution in [2.75, 3.05) is 0 Å². The highest BCUT2D eigenvalue weighted by Crippen LogP contribution is 2.06. The van der Waals surface area contributed by atoms with E-state index in [-0.39, 0.29) is 0 Å². The van der Waals surface area contributed by atoms with Crippen LogP contribution in [0.25, 0.3) is 0 Å². The lowest BCUT2D eigenvalue weighted by Crippen LogP contribution is -2.23. The van der Waals surface area contributed by atoms with E-state index >= 15 is 0 Å². The third-order valence-electron chi connectivity index (χ3n) is 0.960. The highest BCUT2D eigenvalue weighted by Gasteiger charge is 2.13. The summed E-state index contributed by atoms with van der Waals surface area (Å²) in [5, 5.41) is 0. The molecule has 0 aliphatic heterocycles. The van der Waals surface area contributed by atoms with Crippen molar-refractivity contribution in [1.82, 2.24) is 0 Å². The van der Waals surface area contributed by atoms with Crippen LogP contribution in [0.5, 0.6) is 0 Å². The lowest BCUT2D eigenvalue weighted by atomic mass is 10.5. The smallest absolute Gasteiger partial charge is 0.182 e. The Morgan fingerprint density at radius 3 is 2.25 bits per heavy atom. The van der Waals surface area contributed by atoms with Crippen LogP contribution in [0.4, 0.5) is 0 Å². The molecule has 0 aromatic carbocycles. The molecule has 1 nitrogen and oxygen atoms in total. The first kappa shape index (κ1) is 7.92. The molecule has 0 radical (unpaired) electrons. The second kappa shape index (κ2) is 3.05. The summed E-state index contributed by atoms with van der Waals surface area (Å²) in [6.45, 7) is 7.46. The summed E-state index contributed by atoms with van der Waals surface area (Å²) in [5.41, 5.74) is 0. The Balaban J connectivity index is 3.24. The van der Waals surface area contributed by atoms with E-state index in [1.54, 1.807) is 0 Å². The van der Waals surface area contributed by atoms with Crippen LogP contribution in [0.3, 0.4) is 0 Å². The summed E-state index contributed by atoms with van der Waals surface area (Å²) in [6, 6.07) is 0.941. The van der Waals surface area contributed by atoms with Crippen molar-refractivity contribution in [3.05, 3.63) is 12.7 Å². The third kappa shape index (κ3) is 5.92. The molecule has 8 heavy (non-hydrogen) atoms. The quantitative estimate of drug-likeness (QED) is 0.456. The Labute approximate surface area is 52.2 Å². The van der Waals surface area contributed by atoms with Gasteiger partial charge in [-0.25, -0.2) is 0 Å². The minimum Gasteiger partial charge on any atom is -0.432 e. The monoisotopic (exact) mass is 130 g/mol. The predicted octanol–water partition coefficient (Wildman–Crippen LogP) is 1.76. The van der Waals surface area contributed by atoms with Crippen LogP contribution in [0.15, 0.2) is 12.7 Å². The largest absolute Gasteiger partial charge is 0.432 e. The fourth-order valence-corrected chi connectivity index (χ4v) is 1.37. The van der Waals surface area contributed by atoms with Crippen LogP contribution in [0, 0.1) is 0 Å². The molecule has 0 bridgehead atoms. The lowest BCUT2D eigenvalue weighted by Gasteiger charge is -2.10. The van der Waals surface area contributed by atoms with Crippen molar-refractivity contribution in [2.24, 2.45) is 0 Å². The van der Waals surface area contributed by atoms with Gasteiger partial charge in [0.1, 0.15) is 0 Å². The van der Waals surface area contributed by atoms with Crippen LogP contribution >= 0.6 is 0 Å². The maximum absolute atomic E-state index is 9.24. The van der Waals surface area contributed by atoms with Gasteiger partial charge in [0.15, 0.2) is 8.32 Å². The molecule has 0 fully saturated rings. The van der Waals surface area contributed by atoms with E-state index in [0.717, 1.165) is 12.5 Å². The van der Waals surface area contributed by atoms with Gasteiger partial charge in [-0.05, 0) is 25.6 Å². The minimum atomic E-state index is -1.75. The van der Waals surface area contributed by atoms with Crippen molar-refractivity contribution in [3.8, 4) is 0 Å². The summed E-state index contributed by atoms with van der Waals surface area (Å²) in [6.07, 6.45) is 2.81. The average molecular weight is 130 g/mol. The van der Waals surface area contributed by atoms with E-state index in [0.29, 0.717) is 0 Å². The Bertz CT molecular complexity index is 73.1. The van der Waals surface area contributed by atoms with Gasteiger partial charge in [0.05, 0.1) is 0 Å². The Morgan fingerprint density at radius 2 is 2.12 bits per heavy atom. The molecule has 0 saturated heterocycles. The van der Waals surface area contributed by atoms with Gasteiger partial charge in [-0.3, -0.25) is 0 Å². The van der Waals surface area contributed by atoms with Crippen LogP contribution < -0.4 is 0 Å². The average Bonchev–Trinajstić information content (AvgIpc) is 1.59. The Hall–Kier alpha value is -0.0831. The van der Waals surface area contributed by atoms with Gasteiger partial charge in [0.2, 0.25) is 0 Å². The van der Waals surface area contributed by atoms with Crippen LogP contribution in [0.2, 0.25) is 19.1 Å². The molecule has 0 unspecified atom stereocenters. The van der Waals surface area contributed by atoms with Gasteiger partial charge in [-0.2, -0.15) is 0 Å². The van der Waals surface area contributed by atoms with E-state index in [1.165, 1.54) is 0 Å². The molecule has 1 N–H and O–H groups in total.